The molecule has 0 spiro atoms. The summed E-state index contributed by atoms with van der Waals surface area (Å²) in [7, 11) is 0. The van der Waals surface area contributed by atoms with Crippen LogP contribution < -0.4 is 14.8 Å². The second kappa shape index (κ2) is 11.3. The fourth-order valence-electron chi connectivity index (χ4n) is 5.40. The molecule has 1 aliphatic carbocycles. The van der Waals surface area contributed by atoms with Crippen LogP contribution in [-0.4, -0.2) is 49.0 Å². The van der Waals surface area contributed by atoms with E-state index in [1.807, 2.05) is 36.4 Å². The largest absolute Gasteiger partial charge is 0.456 e. The van der Waals surface area contributed by atoms with Crippen LogP contribution >= 0.6 is 0 Å². The summed E-state index contributed by atoms with van der Waals surface area (Å²) in [6, 6.07) is 19.4. The molecule has 8 nitrogen and oxygen atoms in total. The van der Waals surface area contributed by atoms with Crippen molar-refractivity contribution in [1.82, 2.24) is 9.64 Å². The van der Waals surface area contributed by atoms with Gasteiger partial charge in [0.2, 0.25) is 5.36 Å². The third kappa shape index (κ3) is 4.85. The van der Waals surface area contributed by atoms with E-state index in [4.69, 9.17) is 9.25 Å². The molecule has 8 heteroatoms. The molecule has 0 atom stereocenters. The zero-order valence-electron chi connectivity index (χ0n) is 23.4. The van der Waals surface area contributed by atoms with Crippen molar-refractivity contribution < 1.29 is 23.6 Å². The van der Waals surface area contributed by atoms with Gasteiger partial charge in [0.05, 0.1) is 11.6 Å². The van der Waals surface area contributed by atoms with Crippen molar-refractivity contribution in [3.8, 4) is 22.5 Å². The Morgan fingerprint density at radius 3 is 2.27 bits per heavy atom. The first-order valence-electron chi connectivity index (χ1n) is 13.9. The third-order valence-electron chi connectivity index (χ3n) is 7.54. The van der Waals surface area contributed by atoms with Gasteiger partial charge in [-0.25, -0.2) is 9.37 Å². The van der Waals surface area contributed by atoms with Gasteiger partial charge in [-0.2, -0.15) is 0 Å². The van der Waals surface area contributed by atoms with Crippen LogP contribution in [0.4, 0.5) is 5.69 Å². The Labute approximate surface area is 233 Å². The highest BCUT2D eigenvalue weighted by molar-refractivity contribution is 6.09. The van der Waals surface area contributed by atoms with Gasteiger partial charge in [-0.3, -0.25) is 9.59 Å². The van der Waals surface area contributed by atoms with Crippen LogP contribution in [0.25, 0.3) is 33.4 Å². The van der Waals surface area contributed by atoms with Crippen molar-refractivity contribution in [1.29, 1.82) is 0 Å². The van der Waals surface area contributed by atoms with Gasteiger partial charge in [0, 0.05) is 60.3 Å². The summed E-state index contributed by atoms with van der Waals surface area (Å²) in [6.07, 6.45) is 0.0694. The lowest BCUT2D eigenvalue weighted by Crippen LogP contribution is -2.32. The van der Waals surface area contributed by atoms with Crippen molar-refractivity contribution >= 4 is 34.4 Å². The molecule has 0 radical (unpaired) electrons. The fraction of sp³-hybridized carbons (Fsp3) is 0.312. The third-order valence-corrected chi connectivity index (χ3v) is 7.54. The minimum Gasteiger partial charge on any atom is -0.456 e. The van der Waals surface area contributed by atoms with Crippen molar-refractivity contribution in [2.45, 2.75) is 40.5 Å². The lowest BCUT2D eigenvalue weighted by molar-refractivity contribution is -0.172. The SMILES string of the molecule is CCN(CC)c1ccc2c(-c3ccccc3C(=O)ON3C(=O)CCC3=O)c3ccc(=[N+](CC)CC)cc-3oc2c1. The molecule has 1 saturated heterocycles. The van der Waals surface area contributed by atoms with E-state index in [0.717, 1.165) is 53.7 Å². The molecular formula is C32H34N3O5+. The Balaban J connectivity index is 1.76. The molecule has 1 fully saturated rings. The van der Waals surface area contributed by atoms with Crippen molar-refractivity contribution in [3.63, 3.8) is 0 Å². The van der Waals surface area contributed by atoms with Crippen molar-refractivity contribution in [2.24, 2.45) is 0 Å². The van der Waals surface area contributed by atoms with Crippen LogP contribution in [0, 0.1) is 0 Å². The van der Waals surface area contributed by atoms with E-state index in [2.05, 4.69) is 49.3 Å². The summed E-state index contributed by atoms with van der Waals surface area (Å²) in [5.41, 5.74) is 4.28. The average Bonchev–Trinajstić information content (AvgIpc) is 3.29. The van der Waals surface area contributed by atoms with E-state index >= 15 is 0 Å². The molecule has 2 heterocycles. The van der Waals surface area contributed by atoms with Crippen molar-refractivity contribution in [3.05, 3.63) is 71.6 Å². The Morgan fingerprint density at radius 1 is 0.900 bits per heavy atom. The van der Waals surface area contributed by atoms with E-state index in [1.54, 1.807) is 12.1 Å². The molecular weight excluding hydrogens is 506 g/mol. The monoisotopic (exact) mass is 540 g/mol. The number of benzene rings is 3. The van der Waals surface area contributed by atoms with E-state index < -0.39 is 17.8 Å². The van der Waals surface area contributed by atoms with E-state index in [1.165, 1.54) is 0 Å². The van der Waals surface area contributed by atoms with E-state index in [0.29, 0.717) is 22.0 Å². The molecule has 0 bridgehead atoms. The van der Waals surface area contributed by atoms with Gasteiger partial charge in [0.25, 0.3) is 11.8 Å². The van der Waals surface area contributed by atoms with Gasteiger partial charge in [-0.15, -0.1) is 5.06 Å². The Hall–Kier alpha value is -4.46. The Bertz CT molecular complexity index is 1630. The molecule has 2 aromatic rings. The van der Waals surface area contributed by atoms with E-state index in [9.17, 15) is 14.4 Å². The standard InChI is InChI=1S/C32H34N3O5/c1-5-33(6-2)21-13-15-25-27(19-21)39-28-20-22(34(7-3)8-4)14-16-26(28)31(25)23-11-9-10-12-24(23)32(38)40-35-29(36)17-18-30(35)37/h9-16,19-20H,5-8,17-18H2,1-4H3/q+1. The number of fused-ring (bicyclic) bond motifs is 2. The first kappa shape index (κ1) is 27.1. The van der Waals surface area contributed by atoms with Gasteiger partial charge in [-0.1, -0.05) is 18.2 Å². The number of nitrogens with zero attached hydrogens (tertiary/aromatic N) is 3. The number of carbonyl (C=O) groups excluding carboxylic acids is 3. The normalized spacial score (nSPS) is 13.3. The van der Waals surface area contributed by atoms with Crippen molar-refractivity contribution in [2.75, 3.05) is 31.1 Å². The van der Waals surface area contributed by atoms with Gasteiger partial charge < -0.3 is 14.2 Å². The summed E-state index contributed by atoms with van der Waals surface area (Å²) in [6.45, 7) is 11.9. The highest BCUT2D eigenvalue weighted by Gasteiger charge is 2.34. The smallest absolute Gasteiger partial charge is 0.364 e. The number of carbonyl (C=O) groups is 3. The number of imide groups is 1. The molecule has 2 aliphatic heterocycles. The van der Waals surface area contributed by atoms with Crippen LogP contribution in [0.2, 0.25) is 0 Å². The fourth-order valence-corrected chi connectivity index (χ4v) is 5.40. The second-order valence-electron chi connectivity index (χ2n) is 9.69. The maximum absolute atomic E-state index is 13.4. The Morgan fingerprint density at radius 2 is 1.60 bits per heavy atom. The predicted molar refractivity (Wildman–Crippen MR) is 155 cm³/mol. The van der Waals surface area contributed by atoms with Crippen LogP contribution in [-0.2, 0) is 14.4 Å². The maximum Gasteiger partial charge on any atom is 0.364 e. The van der Waals surface area contributed by atoms with Gasteiger partial charge in [0.1, 0.15) is 24.4 Å². The maximum atomic E-state index is 13.4. The second-order valence-corrected chi connectivity index (χ2v) is 9.69. The summed E-state index contributed by atoms with van der Waals surface area (Å²) in [4.78, 5) is 45.2. The highest BCUT2D eigenvalue weighted by Crippen LogP contribution is 2.42. The first-order chi connectivity index (χ1) is 19.4. The number of hydrogen-bond acceptors (Lipinski definition) is 6. The topological polar surface area (TPSA) is 83.1 Å². The molecule has 40 heavy (non-hydrogen) atoms. The quantitative estimate of drug-likeness (QED) is 0.176. The Kier molecular flexibility index (Phi) is 7.69. The molecule has 0 N–H and O–H groups in total. The number of hydroxylamine groups is 2. The first-order valence-corrected chi connectivity index (χ1v) is 13.9. The summed E-state index contributed by atoms with van der Waals surface area (Å²) < 4.78 is 8.79. The molecule has 3 aliphatic rings. The molecule has 2 aromatic carbocycles. The minimum absolute atomic E-state index is 0.0347. The molecule has 0 saturated carbocycles. The van der Waals surface area contributed by atoms with Crippen LogP contribution in [0.3, 0.4) is 0 Å². The molecule has 5 rings (SSSR count). The van der Waals surface area contributed by atoms with Crippen LogP contribution in [0.5, 0.6) is 0 Å². The number of amides is 2. The lowest BCUT2D eigenvalue weighted by Gasteiger charge is -2.23. The van der Waals surface area contributed by atoms with Gasteiger partial charge >= 0.3 is 5.97 Å². The average molecular weight is 541 g/mol. The van der Waals surface area contributed by atoms with Crippen LogP contribution in [0.15, 0.2) is 65.1 Å². The van der Waals surface area contributed by atoms with Crippen LogP contribution in [0.1, 0.15) is 50.9 Å². The number of rotatable bonds is 8. The minimum atomic E-state index is -0.763. The van der Waals surface area contributed by atoms with E-state index in [-0.39, 0.29) is 18.4 Å². The lowest BCUT2D eigenvalue weighted by atomic mass is 9.90. The predicted octanol–water partition coefficient (Wildman–Crippen LogP) is 5.08. The van der Waals surface area contributed by atoms with Gasteiger partial charge in [0.15, 0.2) is 0 Å². The summed E-state index contributed by atoms with van der Waals surface area (Å²) in [5.74, 6) is -1.10. The number of hydrogen-bond donors (Lipinski definition) is 0. The highest BCUT2D eigenvalue weighted by atomic mass is 16.7. The molecule has 0 aromatic heterocycles. The number of anilines is 1. The summed E-state index contributed by atoms with van der Waals surface area (Å²) >= 11 is 0. The van der Waals surface area contributed by atoms with Gasteiger partial charge in [-0.05, 0) is 57.5 Å². The molecule has 0 unspecified atom stereocenters. The molecule has 206 valence electrons. The summed E-state index contributed by atoms with van der Waals surface area (Å²) in [5, 5.41) is 2.47. The molecule has 2 amide bonds. The zero-order valence-corrected chi connectivity index (χ0v) is 23.4. The zero-order chi connectivity index (χ0) is 28.4.